The van der Waals surface area contributed by atoms with Crippen LogP contribution < -0.4 is 10.6 Å². The van der Waals surface area contributed by atoms with Crippen LogP contribution in [0.3, 0.4) is 0 Å². The fraction of sp³-hybridized carbons (Fsp3) is 0.640. The number of alkyl halides is 3. The van der Waals surface area contributed by atoms with Crippen molar-refractivity contribution in [3.63, 3.8) is 0 Å². The van der Waals surface area contributed by atoms with Crippen LogP contribution in [0.25, 0.3) is 0 Å². The Hall–Kier alpha value is -2.11. The fourth-order valence-electron chi connectivity index (χ4n) is 5.44. The van der Waals surface area contributed by atoms with Gasteiger partial charge < -0.3 is 10.6 Å². The van der Waals surface area contributed by atoms with Crippen molar-refractivity contribution in [2.75, 3.05) is 24.2 Å². The maximum atomic E-state index is 13.0. The van der Waals surface area contributed by atoms with Crippen molar-refractivity contribution in [2.24, 2.45) is 16.8 Å². The number of carbonyl (C=O) groups is 2. The predicted octanol–water partition coefficient (Wildman–Crippen LogP) is 4.78. The molecule has 1 saturated heterocycles. The number of carbonyl (C=O) groups excluding carboxylic acids is 2. The Labute approximate surface area is 213 Å². The molecule has 1 aliphatic carbocycles. The maximum absolute atomic E-state index is 13.0. The Bertz CT molecular complexity index is 1030. The van der Waals surface area contributed by atoms with E-state index in [0.29, 0.717) is 50.4 Å². The molecule has 2 amide bonds. The molecule has 1 aromatic carbocycles. The highest BCUT2D eigenvalue weighted by molar-refractivity contribution is 7.93. The van der Waals surface area contributed by atoms with Crippen LogP contribution in [0.5, 0.6) is 0 Å². The van der Waals surface area contributed by atoms with E-state index >= 15 is 0 Å². The summed E-state index contributed by atoms with van der Waals surface area (Å²) in [5, 5.41) is 16.7. The van der Waals surface area contributed by atoms with E-state index in [2.05, 4.69) is 10.6 Å². The first kappa shape index (κ1) is 26.9. The first-order chi connectivity index (χ1) is 16.9. The molecular weight excluding hydrogens is 493 g/mol. The molecule has 36 heavy (non-hydrogen) atoms. The SMILES string of the molecule is CC(=O)Nc1ccc(CCS[N+]2(O)CCC3(CC2)N=C(C2CCC(C(F)(F)F)CC2)NC3=O)c(C)c1. The standard InChI is InChI=1S/C25H33F3N4O3S/c1-16-15-21(29-17(2)33)8-5-18(16)9-14-36-32(35)12-10-24(11-13-32)23(34)30-22(31-24)19-3-6-20(7-4-19)25(26,27)28/h5,8,15,19-20,35H,3-4,6-7,9-14H2,1-2H3,(H-,29,30,31,33,34)/p+1. The Morgan fingerprint density at radius 3 is 2.50 bits per heavy atom. The highest BCUT2D eigenvalue weighted by atomic mass is 32.2. The zero-order valence-electron chi connectivity index (χ0n) is 20.7. The topological polar surface area (TPSA) is 90.8 Å². The number of aliphatic imine (C=N–C) groups is 1. The zero-order valence-corrected chi connectivity index (χ0v) is 21.5. The molecule has 2 aliphatic heterocycles. The van der Waals surface area contributed by atoms with Crippen LogP contribution in [0, 0.1) is 18.8 Å². The van der Waals surface area contributed by atoms with E-state index in [0.717, 1.165) is 23.2 Å². The van der Waals surface area contributed by atoms with Gasteiger partial charge in [0.2, 0.25) is 5.91 Å². The van der Waals surface area contributed by atoms with Crippen LogP contribution in [0.4, 0.5) is 18.9 Å². The van der Waals surface area contributed by atoms with Crippen molar-refractivity contribution in [2.45, 2.75) is 70.5 Å². The number of hydrogen-bond donors (Lipinski definition) is 3. The van der Waals surface area contributed by atoms with E-state index < -0.39 is 17.6 Å². The molecule has 0 bridgehead atoms. The van der Waals surface area contributed by atoms with Crippen molar-refractivity contribution >= 4 is 35.3 Å². The third-order valence-electron chi connectivity index (χ3n) is 7.69. The highest BCUT2D eigenvalue weighted by Crippen LogP contribution is 2.42. The predicted molar refractivity (Wildman–Crippen MR) is 132 cm³/mol. The van der Waals surface area contributed by atoms with Crippen LogP contribution in [-0.4, -0.2) is 57.5 Å². The minimum absolute atomic E-state index is 0.0682. The molecule has 4 rings (SSSR count). The van der Waals surface area contributed by atoms with Crippen LogP contribution in [0.15, 0.2) is 23.2 Å². The zero-order chi connectivity index (χ0) is 26.1. The summed E-state index contributed by atoms with van der Waals surface area (Å²) in [7, 11) is 0. The summed E-state index contributed by atoms with van der Waals surface area (Å²) in [5.41, 5.74) is 2.04. The second-order valence-electron chi connectivity index (χ2n) is 10.3. The number of halogens is 3. The third kappa shape index (κ3) is 6.06. The van der Waals surface area contributed by atoms with Crippen LogP contribution in [0.2, 0.25) is 0 Å². The minimum atomic E-state index is -4.16. The average Bonchev–Trinajstić information content (AvgIpc) is 3.13. The lowest BCUT2D eigenvalue weighted by Crippen LogP contribution is -2.54. The van der Waals surface area contributed by atoms with E-state index in [4.69, 9.17) is 4.99 Å². The number of amidine groups is 1. The van der Waals surface area contributed by atoms with Crippen LogP contribution in [0.1, 0.15) is 56.6 Å². The Kier molecular flexibility index (Phi) is 7.73. The summed E-state index contributed by atoms with van der Waals surface area (Å²) < 4.78 is 38.8. The Morgan fingerprint density at radius 1 is 1.25 bits per heavy atom. The lowest BCUT2D eigenvalue weighted by atomic mass is 9.81. The van der Waals surface area contributed by atoms with Gasteiger partial charge in [0.1, 0.15) is 30.9 Å². The number of quaternary nitrogens is 1. The maximum Gasteiger partial charge on any atom is 0.391 e. The molecule has 3 N–H and O–H groups in total. The van der Waals surface area contributed by atoms with Gasteiger partial charge in [0.15, 0.2) is 5.54 Å². The van der Waals surface area contributed by atoms with E-state index in [1.54, 1.807) is 0 Å². The van der Waals surface area contributed by atoms with Gasteiger partial charge in [-0.05, 0) is 62.3 Å². The number of hydroxylamine groups is 2. The largest absolute Gasteiger partial charge is 0.391 e. The van der Waals surface area contributed by atoms with Crippen molar-refractivity contribution in [1.82, 2.24) is 5.32 Å². The smallest absolute Gasteiger partial charge is 0.326 e. The van der Waals surface area contributed by atoms with Gasteiger partial charge >= 0.3 is 6.18 Å². The van der Waals surface area contributed by atoms with Gasteiger partial charge in [0.25, 0.3) is 5.91 Å². The van der Waals surface area contributed by atoms with Crippen molar-refractivity contribution in [3.05, 3.63) is 29.3 Å². The van der Waals surface area contributed by atoms with Gasteiger partial charge in [-0.2, -0.15) is 13.2 Å². The summed E-state index contributed by atoms with van der Waals surface area (Å²) in [4.78, 5) is 28.8. The quantitative estimate of drug-likeness (QED) is 0.367. The molecular formula is C25H34F3N4O3S+. The number of benzene rings is 1. The summed E-state index contributed by atoms with van der Waals surface area (Å²) >= 11 is 1.43. The van der Waals surface area contributed by atoms with Crippen molar-refractivity contribution < 1.29 is 32.0 Å². The molecule has 198 valence electrons. The number of aryl methyl sites for hydroxylation is 2. The third-order valence-corrected chi connectivity index (χ3v) is 8.92. The summed E-state index contributed by atoms with van der Waals surface area (Å²) in [5.74, 6) is -0.498. The minimum Gasteiger partial charge on any atom is -0.326 e. The number of rotatable bonds is 6. The molecule has 11 heteroatoms. The molecule has 0 aromatic heterocycles. The number of piperidine rings is 1. The number of amides is 2. The molecule has 1 spiro atoms. The second kappa shape index (κ2) is 10.3. The van der Waals surface area contributed by atoms with Gasteiger partial charge in [-0.1, -0.05) is 6.07 Å². The average molecular weight is 528 g/mol. The molecule has 2 heterocycles. The van der Waals surface area contributed by atoms with Gasteiger partial charge in [-0.25, -0.2) is 5.21 Å². The lowest BCUT2D eigenvalue weighted by molar-refractivity contribution is -0.996. The highest BCUT2D eigenvalue weighted by Gasteiger charge is 2.52. The van der Waals surface area contributed by atoms with E-state index in [1.807, 2.05) is 25.1 Å². The van der Waals surface area contributed by atoms with Crippen molar-refractivity contribution in [1.29, 1.82) is 0 Å². The first-order valence-electron chi connectivity index (χ1n) is 12.5. The lowest BCUT2D eigenvalue weighted by Gasteiger charge is -2.37. The number of nitrogens with one attached hydrogen (secondary N) is 2. The summed E-state index contributed by atoms with van der Waals surface area (Å²) in [6.07, 6.45) is -1.72. The van der Waals surface area contributed by atoms with Gasteiger partial charge in [0.05, 0.1) is 11.7 Å². The molecule has 0 unspecified atom stereocenters. The molecule has 0 radical (unpaired) electrons. The monoisotopic (exact) mass is 527 g/mol. The molecule has 1 saturated carbocycles. The van der Waals surface area contributed by atoms with Gasteiger partial charge in [-0.15, -0.1) is 4.05 Å². The normalized spacial score (nSPS) is 30.7. The van der Waals surface area contributed by atoms with Crippen LogP contribution in [-0.2, 0) is 16.0 Å². The molecule has 0 atom stereocenters. The number of nitrogens with zero attached hydrogens (tertiary/aromatic N) is 2. The number of hydrogen-bond acceptors (Lipinski definition) is 5. The van der Waals surface area contributed by atoms with Gasteiger partial charge in [-0.3, -0.25) is 14.6 Å². The van der Waals surface area contributed by atoms with Crippen molar-refractivity contribution in [3.8, 4) is 0 Å². The molecule has 1 aromatic rings. The van der Waals surface area contributed by atoms with Crippen LogP contribution >= 0.6 is 11.9 Å². The summed E-state index contributed by atoms with van der Waals surface area (Å²) in [6.45, 7) is 4.20. The molecule has 2 fully saturated rings. The Morgan fingerprint density at radius 2 is 1.92 bits per heavy atom. The second-order valence-corrected chi connectivity index (χ2v) is 11.6. The van der Waals surface area contributed by atoms with E-state index in [9.17, 15) is 28.0 Å². The summed E-state index contributed by atoms with van der Waals surface area (Å²) in [6, 6.07) is 5.78. The van der Waals surface area contributed by atoms with Gasteiger partial charge in [0, 0.05) is 31.4 Å². The Balaban J connectivity index is 1.29. The molecule has 3 aliphatic rings. The van der Waals surface area contributed by atoms with E-state index in [1.165, 1.54) is 18.9 Å². The number of anilines is 1. The fourth-order valence-corrected chi connectivity index (χ4v) is 6.53. The van der Waals surface area contributed by atoms with E-state index in [-0.39, 0.29) is 34.6 Å². The molecule has 7 nitrogen and oxygen atoms in total. The first-order valence-corrected chi connectivity index (χ1v) is 13.4.